The smallest absolute Gasteiger partial charge is 0.311 e. The van der Waals surface area contributed by atoms with Gasteiger partial charge in [0.15, 0.2) is 0 Å². The van der Waals surface area contributed by atoms with Crippen molar-refractivity contribution in [1.29, 1.82) is 0 Å². The van der Waals surface area contributed by atoms with Crippen LogP contribution in [0.15, 0.2) is 0 Å². The van der Waals surface area contributed by atoms with E-state index in [9.17, 15) is 4.79 Å². The first-order valence-electron chi connectivity index (χ1n) is 7.23. The van der Waals surface area contributed by atoms with Crippen LogP contribution in [0.25, 0.3) is 0 Å². The lowest BCUT2D eigenvalue weighted by Crippen LogP contribution is -2.63. The number of ether oxygens (including phenoxy) is 5. The summed E-state index contributed by atoms with van der Waals surface area (Å²) in [5, 5.41) is 0. The van der Waals surface area contributed by atoms with Crippen LogP contribution in [0.2, 0.25) is 0 Å². The van der Waals surface area contributed by atoms with E-state index in [1.807, 2.05) is 20.8 Å². The molecule has 1 saturated heterocycles. The van der Waals surface area contributed by atoms with Crippen molar-refractivity contribution in [2.75, 3.05) is 27.4 Å². The minimum Gasteiger partial charge on any atom is -0.462 e. The summed E-state index contributed by atoms with van der Waals surface area (Å²) >= 11 is 0. The highest BCUT2D eigenvalue weighted by Gasteiger charge is 2.53. The lowest BCUT2D eigenvalue weighted by atomic mass is 9.91. The average molecular weight is 304 g/mol. The molecule has 0 aliphatic carbocycles. The van der Waals surface area contributed by atoms with E-state index in [4.69, 9.17) is 23.7 Å². The molecule has 1 aliphatic rings. The van der Waals surface area contributed by atoms with Gasteiger partial charge in [-0.3, -0.25) is 4.79 Å². The SMILES string of the molecule is CCC(C)(C)C(=O)OCC1COC(C)(OC)C(C)(OC)O1. The largest absolute Gasteiger partial charge is 0.462 e. The lowest BCUT2D eigenvalue weighted by Gasteiger charge is -2.48. The monoisotopic (exact) mass is 304 g/mol. The van der Waals surface area contributed by atoms with E-state index in [1.165, 1.54) is 14.2 Å². The molecule has 0 aromatic carbocycles. The Hall–Kier alpha value is -0.690. The predicted molar refractivity (Wildman–Crippen MR) is 76.7 cm³/mol. The van der Waals surface area contributed by atoms with Crippen molar-refractivity contribution in [1.82, 2.24) is 0 Å². The molecule has 0 radical (unpaired) electrons. The minimum absolute atomic E-state index is 0.126. The predicted octanol–water partition coefficient (Wildman–Crippen LogP) is 2.11. The first-order chi connectivity index (χ1) is 9.64. The molecule has 0 amide bonds. The van der Waals surface area contributed by atoms with Gasteiger partial charge >= 0.3 is 5.97 Å². The molecule has 3 unspecified atom stereocenters. The number of hydrogen-bond acceptors (Lipinski definition) is 6. The van der Waals surface area contributed by atoms with E-state index in [0.29, 0.717) is 6.42 Å². The quantitative estimate of drug-likeness (QED) is 0.700. The number of carbonyl (C=O) groups excluding carboxylic acids is 1. The van der Waals surface area contributed by atoms with E-state index >= 15 is 0 Å². The molecule has 0 N–H and O–H groups in total. The van der Waals surface area contributed by atoms with Gasteiger partial charge in [0.05, 0.1) is 12.0 Å². The molecule has 0 spiro atoms. The van der Waals surface area contributed by atoms with Crippen molar-refractivity contribution < 1.29 is 28.5 Å². The maximum Gasteiger partial charge on any atom is 0.311 e. The molecule has 124 valence electrons. The van der Waals surface area contributed by atoms with Crippen LogP contribution >= 0.6 is 0 Å². The molecule has 1 rings (SSSR count). The van der Waals surface area contributed by atoms with Gasteiger partial charge in [0.1, 0.15) is 12.7 Å². The Morgan fingerprint density at radius 1 is 1.24 bits per heavy atom. The van der Waals surface area contributed by atoms with Crippen LogP contribution in [-0.4, -0.2) is 51.1 Å². The summed E-state index contributed by atoms with van der Waals surface area (Å²) in [4.78, 5) is 12.0. The Morgan fingerprint density at radius 3 is 2.29 bits per heavy atom. The first kappa shape index (κ1) is 18.4. The molecule has 3 atom stereocenters. The summed E-state index contributed by atoms with van der Waals surface area (Å²) in [6.07, 6.45) is 0.320. The third-order valence-electron chi connectivity index (χ3n) is 4.38. The van der Waals surface area contributed by atoms with Gasteiger partial charge in [-0.05, 0) is 34.1 Å². The van der Waals surface area contributed by atoms with Crippen molar-refractivity contribution in [2.45, 2.75) is 58.7 Å². The van der Waals surface area contributed by atoms with Crippen LogP contribution in [0.1, 0.15) is 41.0 Å². The second kappa shape index (κ2) is 6.60. The second-order valence-corrected chi connectivity index (χ2v) is 6.19. The van der Waals surface area contributed by atoms with Crippen molar-refractivity contribution >= 4 is 5.97 Å². The lowest BCUT2D eigenvalue weighted by molar-refractivity contribution is -0.432. The summed E-state index contributed by atoms with van der Waals surface area (Å²) in [6, 6.07) is 0. The van der Waals surface area contributed by atoms with Gasteiger partial charge in [0, 0.05) is 14.2 Å². The van der Waals surface area contributed by atoms with Gasteiger partial charge in [-0.25, -0.2) is 0 Å². The highest BCUT2D eigenvalue weighted by Crippen LogP contribution is 2.36. The molecule has 1 fully saturated rings. The third-order valence-corrected chi connectivity index (χ3v) is 4.38. The number of carbonyl (C=O) groups is 1. The summed E-state index contributed by atoms with van der Waals surface area (Å²) < 4.78 is 27.7. The zero-order valence-corrected chi connectivity index (χ0v) is 14.1. The minimum atomic E-state index is -1.07. The molecule has 0 bridgehead atoms. The number of esters is 1. The van der Waals surface area contributed by atoms with Gasteiger partial charge in [-0.15, -0.1) is 0 Å². The maximum atomic E-state index is 12.0. The third kappa shape index (κ3) is 3.74. The van der Waals surface area contributed by atoms with Crippen molar-refractivity contribution in [2.24, 2.45) is 5.41 Å². The van der Waals surface area contributed by atoms with Crippen LogP contribution in [0.5, 0.6) is 0 Å². The molecule has 0 saturated carbocycles. The number of rotatable bonds is 6. The van der Waals surface area contributed by atoms with Crippen molar-refractivity contribution in [3.05, 3.63) is 0 Å². The molecule has 6 heteroatoms. The standard InChI is InChI=1S/C15H28O6/c1-8-13(2,3)12(16)19-9-11-10-20-14(4,17-6)15(5,18-7)21-11/h11H,8-10H2,1-7H3. The molecule has 1 heterocycles. The Morgan fingerprint density at radius 2 is 1.81 bits per heavy atom. The van der Waals surface area contributed by atoms with Crippen LogP contribution in [0, 0.1) is 5.41 Å². The van der Waals surface area contributed by atoms with Crippen molar-refractivity contribution in [3.63, 3.8) is 0 Å². The van der Waals surface area contributed by atoms with E-state index in [2.05, 4.69) is 0 Å². The topological polar surface area (TPSA) is 63.2 Å². The van der Waals surface area contributed by atoms with E-state index in [-0.39, 0.29) is 19.2 Å². The summed E-state index contributed by atoms with van der Waals surface area (Å²) in [5.41, 5.74) is -0.499. The fourth-order valence-electron chi connectivity index (χ4n) is 1.91. The Balaban J connectivity index is 2.63. The zero-order chi connectivity index (χ0) is 16.3. The molecular formula is C15H28O6. The Kier molecular flexibility index (Phi) is 5.77. The molecule has 0 aromatic heterocycles. The van der Waals surface area contributed by atoms with E-state index < -0.39 is 23.1 Å². The van der Waals surface area contributed by atoms with Crippen LogP contribution in [0.3, 0.4) is 0 Å². The van der Waals surface area contributed by atoms with E-state index in [0.717, 1.165) is 0 Å². The summed E-state index contributed by atoms with van der Waals surface area (Å²) in [7, 11) is 3.06. The van der Waals surface area contributed by atoms with Gasteiger partial charge in [-0.2, -0.15) is 0 Å². The first-order valence-corrected chi connectivity index (χ1v) is 7.23. The number of hydrogen-bond donors (Lipinski definition) is 0. The fraction of sp³-hybridized carbons (Fsp3) is 0.933. The van der Waals surface area contributed by atoms with Gasteiger partial charge in [0.2, 0.25) is 11.6 Å². The fourth-order valence-corrected chi connectivity index (χ4v) is 1.91. The van der Waals surface area contributed by atoms with Gasteiger partial charge < -0.3 is 23.7 Å². The van der Waals surface area contributed by atoms with Gasteiger partial charge in [-0.1, -0.05) is 6.92 Å². The van der Waals surface area contributed by atoms with E-state index in [1.54, 1.807) is 13.8 Å². The highest BCUT2D eigenvalue weighted by molar-refractivity contribution is 5.75. The summed E-state index contributed by atoms with van der Waals surface area (Å²) in [5.74, 6) is -2.32. The highest BCUT2D eigenvalue weighted by atomic mass is 16.8. The van der Waals surface area contributed by atoms with Crippen LogP contribution in [0.4, 0.5) is 0 Å². The molecule has 1 aliphatic heterocycles. The second-order valence-electron chi connectivity index (χ2n) is 6.19. The van der Waals surface area contributed by atoms with Crippen LogP contribution in [-0.2, 0) is 28.5 Å². The Bertz CT molecular complexity index is 369. The van der Waals surface area contributed by atoms with Crippen LogP contribution < -0.4 is 0 Å². The molecule has 21 heavy (non-hydrogen) atoms. The average Bonchev–Trinajstić information content (AvgIpc) is 2.48. The Labute approximate surface area is 127 Å². The number of methoxy groups -OCH3 is 2. The maximum absolute atomic E-state index is 12.0. The molecular weight excluding hydrogens is 276 g/mol. The van der Waals surface area contributed by atoms with Gasteiger partial charge in [0.25, 0.3) is 0 Å². The molecule has 6 nitrogen and oxygen atoms in total. The van der Waals surface area contributed by atoms with Crippen molar-refractivity contribution in [3.8, 4) is 0 Å². The normalized spacial score (nSPS) is 33.8. The molecule has 0 aromatic rings. The summed E-state index contributed by atoms with van der Waals surface area (Å²) in [6.45, 7) is 9.54. The zero-order valence-electron chi connectivity index (χ0n) is 14.1.